The maximum absolute atomic E-state index is 6.22. The lowest BCUT2D eigenvalue weighted by Gasteiger charge is -2.21. The Morgan fingerprint density at radius 1 is 0.380 bits per heavy atom. The van der Waals surface area contributed by atoms with Gasteiger partial charge in [0, 0.05) is 16.2 Å². The molecule has 1 aliphatic rings. The predicted octanol–water partition coefficient (Wildman–Crippen LogP) is 13.8. The highest BCUT2D eigenvalue weighted by molar-refractivity contribution is 6.27. The van der Waals surface area contributed by atoms with Crippen LogP contribution < -0.4 is 0 Å². The normalized spacial score (nSPS) is 13.6. The van der Waals surface area contributed by atoms with Crippen LogP contribution in [0.25, 0.3) is 98.4 Å². The molecule has 0 unspecified atom stereocenters. The lowest BCUT2D eigenvalue weighted by Crippen LogP contribution is -2.14. The second-order valence-electron chi connectivity index (χ2n) is 14.4. The van der Waals surface area contributed by atoms with Crippen molar-refractivity contribution in [1.29, 1.82) is 0 Å². The topological polar surface area (TPSA) is 13.1 Å². The molecule has 0 fully saturated rings. The van der Waals surface area contributed by atoms with E-state index in [1.54, 1.807) is 0 Å². The van der Waals surface area contributed by atoms with Crippen molar-refractivity contribution in [3.63, 3.8) is 0 Å². The highest BCUT2D eigenvalue weighted by Gasteiger charge is 2.34. The zero-order chi connectivity index (χ0) is 33.1. The molecule has 0 saturated heterocycles. The van der Waals surface area contributed by atoms with Gasteiger partial charge in [0.05, 0.1) is 0 Å². The van der Waals surface area contributed by atoms with E-state index in [0.29, 0.717) is 0 Å². The molecular weight excluding hydrogens is 605 g/mol. The Morgan fingerprint density at radius 3 is 1.64 bits per heavy atom. The quantitative estimate of drug-likeness (QED) is 0.139. The Balaban J connectivity index is 1.17. The van der Waals surface area contributed by atoms with Gasteiger partial charge in [0.1, 0.15) is 11.2 Å². The van der Waals surface area contributed by atoms with Crippen molar-refractivity contribution in [2.24, 2.45) is 0 Å². The molecule has 1 nitrogen and oxygen atoms in total. The lowest BCUT2D eigenvalue weighted by molar-refractivity contribution is 0.663. The van der Waals surface area contributed by atoms with E-state index in [0.717, 1.165) is 16.6 Å². The zero-order valence-electron chi connectivity index (χ0n) is 27.9. The first-order valence-corrected chi connectivity index (χ1v) is 17.5. The summed E-state index contributed by atoms with van der Waals surface area (Å²) in [6.07, 6.45) is 0. The van der Waals surface area contributed by atoms with Gasteiger partial charge in [-0.05, 0) is 106 Å². The highest BCUT2D eigenvalue weighted by Crippen LogP contribution is 2.53. The van der Waals surface area contributed by atoms with Crippen LogP contribution in [0, 0.1) is 0 Å². The third-order valence-electron chi connectivity index (χ3n) is 11.4. The van der Waals surface area contributed by atoms with Crippen molar-refractivity contribution >= 4 is 65.0 Å². The molecule has 50 heavy (non-hydrogen) atoms. The molecule has 9 aromatic carbocycles. The Labute approximate surface area is 290 Å². The van der Waals surface area contributed by atoms with E-state index in [4.69, 9.17) is 4.42 Å². The molecule has 0 N–H and O–H groups in total. The number of hydrogen-bond donors (Lipinski definition) is 0. The summed E-state index contributed by atoms with van der Waals surface area (Å²) in [5, 5.41) is 12.9. The molecule has 0 atom stereocenters. The van der Waals surface area contributed by atoms with Crippen molar-refractivity contribution in [3.05, 3.63) is 169 Å². The van der Waals surface area contributed by atoms with Crippen LogP contribution in [-0.2, 0) is 5.41 Å². The fourth-order valence-corrected chi connectivity index (χ4v) is 9.20. The molecule has 0 amide bonds. The van der Waals surface area contributed by atoms with E-state index in [9.17, 15) is 0 Å². The van der Waals surface area contributed by atoms with Gasteiger partial charge < -0.3 is 4.42 Å². The fourth-order valence-electron chi connectivity index (χ4n) is 9.20. The van der Waals surface area contributed by atoms with Gasteiger partial charge in [-0.2, -0.15) is 0 Å². The van der Waals surface area contributed by atoms with E-state index in [2.05, 4.69) is 159 Å². The van der Waals surface area contributed by atoms with Crippen molar-refractivity contribution in [3.8, 4) is 33.4 Å². The fraction of sp³-hybridized carbons (Fsp3) is 0.0612. The second kappa shape index (κ2) is 9.94. The first kappa shape index (κ1) is 27.7. The molecule has 0 aliphatic heterocycles. The molecule has 1 aromatic heterocycles. The molecule has 11 rings (SSSR count). The van der Waals surface area contributed by atoms with Crippen LogP contribution in [0.5, 0.6) is 0 Å². The van der Waals surface area contributed by atoms with Crippen molar-refractivity contribution in [2.45, 2.75) is 19.3 Å². The molecule has 0 radical (unpaired) electrons. The van der Waals surface area contributed by atoms with Crippen LogP contribution in [0.3, 0.4) is 0 Å². The van der Waals surface area contributed by atoms with Crippen LogP contribution in [0.15, 0.2) is 162 Å². The van der Waals surface area contributed by atoms with Crippen LogP contribution >= 0.6 is 0 Å². The third-order valence-corrected chi connectivity index (χ3v) is 11.4. The van der Waals surface area contributed by atoms with Crippen molar-refractivity contribution in [2.75, 3.05) is 0 Å². The maximum Gasteiger partial charge on any atom is 0.136 e. The van der Waals surface area contributed by atoms with Crippen LogP contribution in [0.4, 0.5) is 0 Å². The van der Waals surface area contributed by atoms with Gasteiger partial charge >= 0.3 is 0 Å². The standard InChI is InChI=1S/C49H32O/c1-49(2)40-20-9-12-31-28-39(37-19-10-21-41(49)48(37)45(31)40)46-35-15-5-3-13-33(35)44(34-14-4-6-16-36(34)46)30-26-24-29(25-27-30)32-18-11-23-43-47(32)38-17-7-8-22-42(38)50-43/h3-28H,1-2H3. The molecule has 1 heteroatoms. The van der Waals surface area contributed by atoms with Crippen LogP contribution in [0.2, 0.25) is 0 Å². The minimum absolute atomic E-state index is 0.0314. The summed E-state index contributed by atoms with van der Waals surface area (Å²) in [4.78, 5) is 0. The van der Waals surface area contributed by atoms with Crippen LogP contribution in [-0.4, -0.2) is 0 Å². The smallest absolute Gasteiger partial charge is 0.136 e. The van der Waals surface area contributed by atoms with Gasteiger partial charge in [-0.1, -0.05) is 153 Å². The number of furan rings is 1. The molecule has 0 saturated carbocycles. The number of hydrogen-bond acceptors (Lipinski definition) is 1. The summed E-state index contributed by atoms with van der Waals surface area (Å²) in [5.41, 5.74) is 12.1. The zero-order valence-corrected chi connectivity index (χ0v) is 27.9. The monoisotopic (exact) mass is 636 g/mol. The largest absolute Gasteiger partial charge is 0.456 e. The van der Waals surface area contributed by atoms with Gasteiger partial charge in [-0.25, -0.2) is 0 Å². The molecule has 0 spiro atoms. The van der Waals surface area contributed by atoms with Gasteiger partial charge in [-0.3, -0.25) is 0 Å². The second-order valence-corrected chi connectivity index (χ2v) is 14.4. The van der Waals surface area contributed by atoms with Gasteiger partial charge in [0.25, 0.3) is 0 Å². The summed E-state index contributed by atoms with van der Waals surface area (Å²) < 4.78 is 6.22. The minimum Gasteiger partial charge on any atom is -0.456 e. The lowest BCUT2D eigenvalue weighted by atomic mass is 9.81. The maximum atomic E-state index is 6.22. The van der Waals surface area contributed by atoms with E-state index in [1.165, 1.54) is 93.0 Å². The van der Waals surface area contributed by atoms with E-state index >= 15 is 0 Å². The average Bonchev–Trinajstić information content (AvgIpc) is 3.66. The van der Waals surface area contributed by atoms with Gasteiger partial charge in [0.2, 0.25) is 0 Å². The molecule has 1 aliphatic carbocycles. The van der Waals surface area contributed by atoms with E-state index in [-0.39, 0.29) is 5.41 Å². The van der Waals surface area contributed by atoms with Crippen molar-refractivity contribution in [1.82, 2.24) is 0 Å². The Bertz CT molecular complexity index is 2990. The summed E-state index contributed by atoms with van der Waals surface area (Å²) in [6, 6.07) is 58.1. The van der Waals surface area contributed by atoms with Gasteiger partial charge in [0.15, 0.2) is 0 Å². The first-order valence-electron chi connectivity index (χ1n) is 17.5. The number of para-hydroxylation sites is 1. The first-order chi connectivity index (χ1) is 24.6. The Hall–Kier alpha value is -6.18. The molecular formula is C49H32O. The number of fused-ring (bicyclic) bond motifs is 5. The molecule has 0 bridgehead atoms. The third kappa shape index (κ3) is 3.62. The number of rotatable bonds is 3. The predicted molar refractivity (Wildman–Crippen MR) is 212 cm³/mol. The summed E-state index contributed by atoms with van der Waals surface area (Å²) >= 11 is 0. The summed E-state index contributed by atoms with van der Waals surface area (Å²) in [6.45, 7) is 4.75. The Kier molecular flexibility index (Phi) is 5.51. The summed E-state index contributed by atoms with van der Waals surface area (Å²) in [7, 11) is 0. The molecule has 1 heterocycles. The molecule has 10 aromatic rings. The minimum atomic E-state index is -0.0314. The van der Waals surface area contributed by atoms with E-state index in [1.807, 2.05) is 12.1 Å². The van der Waals surface area contributed by atoms with Crippen LogP contribution in [0.1, 0.15) is 25.0 Å². The van der Waals surface area contributed by atoms with Crippen molar-refractivity contribution < 1.29 is 4.42 Å². The molecule has 234 valence electrons. The van der Waals surface area contributed by atoms with Gasteiger partial charge in [-0.15, -0.1) is 0 Å². The SMILES string of the molecule is CC1(C)c2cccc3cc(-c4c5ccccc5c(-c5ccc(-c6cccc7oc8ccccc8c67)cc5)c5ccccc45)c4cccc1c4c23. The summed E-state index contributed by atoms with van der Waals surface area (Å²) in [5.74, 6) is 0. The number of benzene rings is 9. The average molecular weight is 637 g/mol. The highest BCUT2D eigenvalue weighted by atomic mass is 16.3. The Morgan fingerprint density at radius 2 is 0.920 bits per heavy atom. The van der Waals surface area contributed by atoms with E-state index < -0.39 is 0 Å².